The quantitative estimate of drug-likeness (QED) is 0.752. The fraction of sp³-hybridized carbons (Fsp3) is 0.900. The summed E-state index contributed by atoms with van der Waals surface area (Å²) in [6.07, 6.45) is 2.66. The summed E-state index contributed by atoms with van der Waals surface area (Å²) in [6, 6.07) is 0. The lowest BCUT2D eigenvalue weighted by atomic mass is 9.76. The number of halogens is 2. The molecule has 0 bridgehead atoms. The van der Waals surface area contributed by atoms with Crippen molar-refractivity contribution in [2.24, 2.45) is 5.41 Å². The van der Waals surface area contributed by atoms with Gasteiger partial charge in [0.1, 0.15) is 0 Å². The van der Waals surface area contributed by atoms with Gasteiger partial charge in [0.2, 0.25) is 0 Å². The second-order valence-electron chi connectivity index (χ2n) is 4.39. The van der Waals surface area contributed by atoms with Gasteiger partial charge in [0.05, 0.1) is 0 Å². The van der Waals surface area contributed by atoms with Gasteiger partial charge in [-0.2, -0.15) is 8.78 Å². The van der Waals surface area contributed by atoms with Crippen LogP contribution in [-0.2, 0) is 4.79 Å². The second-order valence-corrected chi connectivity index (χ2v) is 4.39. The Balaban J connectivity index is 2.32. The highest BCUT2D eigenvalue weighted by Crippen LogP contribution is 2.34. The summed E-state index contributed by atoms with van der Waals surface area (Å²) >= 11 is 0. The van der Waals surface area contributed by atoms with E-state index in [0.29, 0.717) is 6.54 Å². The predicted molar refractivity (Wildman–Crippen MR) is 50.2 cm³/mol. The van der Waals surface area contributed by atoms with E-state index in [1.54, 1.807) is 0 Å². The molecule has 2 nitrogen and oxygen atoms in total. The lowest BCUT2D eigenvalue weighted by molar-refractivity contribution is -0.132. The minimum atomic E-state index is -2.89. The standard InChI is InChI=1S/C10H17F2NO/c1-10(5-3-2-4-6-10)7-13-9(14)8(11)12/h8H,2-7H2,1H3,(H,13,14). The van der Waals surface area contributed by atoms with Crippen molar-refractivity contribution in [1.29, 1.82) is 0 Å². The highest BCUT2D eigenvalue weighted by atomic mass is 19.3. The summed E-state index contributed by atoms with van der Waals surface area (Å²) in [5.74, 6) is -1.14. The van der Waals surface area contributed by atoms with Crippen molar-refractivity contribution in [1.82, 2.24) is 5.32 Å². The molecule has 0 radical (unpaired) electrons. The van der Waals surface area contributed by atoms with Gasteiger partial charge in [-0.3, -0.25) is 4.79 Å². The fourth-order valence-corrected chi connectivity index (χ4v) is 1.96. The van der Waals surface area contributed by atoms with Crippen LogP contribution < -0.4 is 5.32 Å². The molecule has 1 saturated carbocycles. The molecule has 1 aliphatic carbocycles. The highest BCUT2D eigenvalue weighted by Gasteiger charge is 2.28. The molecule has 1 amide bonds. The Hall–Kier alpha value is -0.670. The minimum Gasteiger partial charge on any atom is -0.351 e. The predicted octanol–water partition coefficient (Wildman–Crippen LogP) is 2.34. The van der Waals surface area contributed by atoms with Crippen LogP contribution in [0.2, 0.25) is 0 Å². The van der Waals surface area contributed by atoms with E-state index >= 15 is 0 Å². The first-order chi connectivity index (χ1) is 6.53. The van der Waals surface area contributed by atoms with Crippen LogP contribution in [0.1, 0.15) is 39.0 Å². The van der Waals surface area contributed by atoms with Gasteiger partial charge in [0.25, 0.3) is 5.91 Å². The summed E-state index contributed by atoms with van der Waals surface area (Å²) in [7, 11) is 0. The van der Waals surface area contributed by atoms with Crippen molar-refractivity contribution in [3.8, 4) is 0 Å². The minimum absolute atomic E-state index is 0.0306. The van der Waals surface area contributed by atoms with Gasteiger partial charge < -0.3 is 5.32 Å². The zero-order valence-corrected chi connectivity index (χ0v) is 8.48. The van der Waals surface area contributed by atoms with E-state index in [9.17, 15) is 13.6 Å². The molecule has 0 spiro atoms. The van der Waals surface area contributed by atoms with Crippen molar-refractivity contribution in [2.75, 3.05) is 6.54 Å². The number of hydrogen-bond acceptors (Lipinski definition) is 1. The molecule has 14 heavy (non-hydrogen) atoms. The SMILES string of the molecule is CC1(CNC(=O)C(F)F)CCCCC1. The van der Waals surface area contributed by atoms with E-state index in [0.717, 1.165) is 25.7 Å². The maximum atomic E-state index is 11.9. The number of hydrogen-bond donors (Lipinski definition) is 1. The van der Waals surface area contributed by atoms with E-state index in [1.807, 2.05) is 0 Å². The van der Waals surface area contributed by atoms with Crippen molar-refractivity contribution in [3.63, 3.8) is 0 Å². The van der Waals surface area contributed by atoms with Gasteiger partial charge in [0.15, 0.2) is 0 Å². The third-order valence-corrected chi connectivity index (χ3v) is 2.95. The maximum Gasteiger partial charge on any atom is 0.315 e. The Kier molecular flexibility index (Phi) is 3.84. The second kappa shape index (κ2) is 4.71. The van der Waals surface area contributed by atoms with Crippen molar-refractivity contribution >= 4 is 5.91 Å². The highest BCUT2D eigenvalue weighted by molar-refractivity contribution is 5.79. The summed E-state index contributed by atoms with van der Waals surface area (Å²) in [5, 5.41) is 2.30. The number of nitrogens with one attached hydrogen (secondary N) is 1. The molecule has 0 atom stereocenters. The molecule has 0 unspecified atom stereocenters. The number of amides is 1. The van der Waals surface area contributed by atoms with Crippen LogP contribution in [0.4, 0.5) is 8.78 Å². The molecule has 1 N–H and O–H groups in total. The molecule has 0 aliphatic heterocycles. The van der Waals surface area contributed by atoms with Crippen LogP contribution in [0.3, 0.4) is 0 Å². The molecule has 0 saturated heterocycles. The van der Waals surface area contributed by atoms with Gasteiger partial charge in [0, 0.05) is 6.54 Å². The van der Waals surface area contributed by atoms with Crippen molar-refractivity contribution in [2.45, 2.75) is 45.5 Å². The average molecular weight is 205 g/mol. The lowest BCUT2D eigenvalue weighted by Crippen LogP contribution is -2.39. The molecular weight excluding hydrogens is 188 g/mol. The maximum absolute atomic E-state index is 11.9. The summed E-state index contributed by atoms with van der Waals surface area (Å²) in [5.41, 5.74) is 0.0306. The van der Waals surface area contributed by atoms with Gasteiger partial charge in [-0.25, -0.2) is 0 Å². The first-order valence-electron chi connectivity index (χ1n) is 5.09. The van der Waals surface area contributed by atoms with E-state index in [4.69, 9.17) is 0 Å². The van der Waals surface area contributed by atoms with E-state index in [-0.39, 0.29) is 5.41 Å². The van der Waals surface area contributed by atoms with Gasteiger partial charge in [-0.05, 0) is 18.3 Å². The number of carbonyl (C=O) groups excluding carboxylic acids is 1. The summed E-state index contributed by atoms with van der Waals surface area (Å²) < 4.78 is 23.8. The van der Waals surface area contributed by atoms with Gasteiger partial charge in [-0.15, -0.1) is 0 Å². The Labute approximate surface area is 83.1 Å². The van der Waals surface area contributed by atoms with Crippen LogP contribution in [0.5, 0.6) is 0 Å². The van der Waals surface area contributed by atoms with E-state index in [2.05, 4.69) is 12.2 Å². The molecule has 4 heteroatoms. The lowest BCUT2D eigenvalue weighted by Gasteiger charge is -2.33. The topological polar surface area (TPSA) is 29.1 Å². The third kappa shape index (κ3) is 3.24. The molecular formula is C10H17F2NO. The zero-order valence-electron chi connectivity index (χ0n) is 8.48. The Morgan fingerprint density at radius 1 is 1.36 bits per heavy atom. The van der Waals surface area contributed by atoms with Gasteiger partial charge in [-0.1, -0.05) is 26.2 Å². The molecule has 0 aromatic carbocycles. The van der Waals surface area contributed by atoms with Crippen LogP contribution >= 0.6 is 0 Å². The van der Waals surface area contributed by atoms with Gasteiger partial charge >= 0.3 is 6.43 Å². The first-order valence-corrected chi connectivity index (χ1v) is 5.09. The smallest absolute Gasteiger partial charge is 0.315 e. The Morgan fingerprint density at radius 2 is 1.93 bits per heavy atom. The molecule has 0 aromatic rings. The van der Waals surface area contributed by atoms with Crippen LogP contribution in [0.15, 0.2) is 0 Å². The Morgan fingerprint density at radius 3 is 2.43 bits per heavy atom. The van der Waals surface area contributed by atoms with Crippen molar-refractivity contribution < 1.29 is 13.6 Å². The average Bonchev–Trinajstić information content (AvgIpc) is 2.15. The summed E-state index contributed by atoms with van der Waals surface area (Å²) in [4.78, 5) is 10.7. The molecule has 1 aliphatic rings. The monoisotopic (exact) mass is 205 g/mol. The fourth-order valence-electron chi connectivity index (χ4n) is 1.96. The molecule has 0 heterocycles. The van der Waals surface area contributed by atoms with E-state index < -0.39 is 12.3 Å². The largest absolute Gasteiger partial charge is 0.351 e. The number of rotatable bonds is 3. The van der Waals surface area contributed by atoms with Crippen LogP contribution in [0.25, 0.3) is 0 Å². The van der Waals surface area contributed by atoms with Crippen molar-refractivity contribution in [3.05, 3.63) is 0 Å². The van der Waals surface area contributed by atoms with Crippen LogP contribution in [0, 0.1) is 5.41 Å². The number of alkyl halides is 2. The first kappa shape index (κ1) is 11.4. The molecule has 82 valence electrons. The zero-order chi connectivity index (χ0) is 10.6. The van der Waals surface area contributed by atoms with Crippen LogP contribution in [-0.4, -0.2) is 18.9 Å². The normalized spacial score (nSPS) is 20.9. The molecule has 0 aromatic heterocycles. The molecule has 1 rings (SSSR count). The number of carbonyl (C=O) groups is 1. The summed E-state index contributed by atoms with van der Waals surface area (Å²) in [6.45, 7) is 2.44. The molecule has 1 fully saturated rings. The Bertz CT molecular complexity index is 200. The van der Waals surface area contributed by atoms with E-state index in [1.165, 1.54) is 6.42 Å². The third-order valence-electron chi connectivity index (χ3n) is 2.95.